The number of aliphatic imine (C=N–C) groups is 1. The molecule has 0 fully saturated rings. The average molecular weight is 516 g/mol. The van der Waals surface area contributed by atoms with E-state index in [4.69, 9.17) is 4.74 Å². The smallest absolute Gasteiger partial charge is 0.191 e. The standard InChI is InChI=1S/C16H26BrN3OS.HI/c1-6-18-15(20-11-16(2,3)22-5)19-10-12-7-8-14(21-4)13(17)9-12;/h7-9H,6,10-11H2,1-5H3,(H2,18,19,20);1H. The highest BCUT2D eigenvalue weighted by molar-refractivity contribution is 14.0. The third-order valence-corrected chi connectivity index (χ3v) is 5.08. The molecule has 1 rings (SSSR count). The van der Waals surface area contributed by atoms with E-state index >= 15 is 0 Å². The second kappa shape index (κ2) is 11.4. The van der Waals surface area contributed by atoms with Crippen LogP contribution < -0.4 is 15.4 Å². The van der Waals surface area contributed by atoms with E-state index in [1.807, 2.05) is 30.0 Å². The van der Waals surface area contributed by atoms with Crippen molar-refractivity contribution in [3.05, 3.63) is 28.2 Å². The van der Waals surface area contributed by atoms with Gasteiger partial charge in [-0.25, -0.2) is 4.99 Å². The molecule has 0 saturated heterocycles. The molecule has 0 aliphatic carbocycles. The van der Waals surface area contributed by atoms with E-state index in [2.05, 4.69) is 58.6 Å². The van der Waals surface area contributed by atoms with Gasteiger partial charge in [0.15, 0.2) is 5.96 Å². The Labute approximate surface area is 169 Å². The number of halogens is 2. The molecule has 2 N–H and O–H groups in total. The lowest BCUT2D eigenvalue weighted by molar-refractivity contribution is 0.412. The molecular weight excluding hydrogens is 489 g/mol. The molecule has 0 radical (unpaired) electrons. The summed E-state index contributed by atoms with van der Waals surface area (Å²) in [5.74, 6) is 1.68. The lowest BCUT2D eigenvalue weighted by Gasteiger charge is -2.23. The molecule has 0 aliphatic heterocycles. The van der Waals surface area contributed by atoms with Crippen LogP contribution in [0.2, 0.25) is 0 Å². The number of benzene rings is 1. The quantitative estimate of drug-likeness (QED) is 0.323. The fourth-order valence-corrected chi connectivity index (χ4v) is 2.49. The van der Waals surface area contributed by atoms with Gasteiger partial charge in [0, 0.05) is 17.8 Å². The van der Waals surface area contributed by atoms with E-state index in [9.17, 15) is 0 Å². The monoisotopic (exact) mass is 515 g/mol. The summed E-state index contributed by atoms with van der Waals surface area (Å²) in [6.07, 6.45) is 2.13. The Kier molecular flexibility index (Phi) is 11.3. The molecule has 0 spiro atoms. The van der Waals surface area contributed by atoms with Gasteiger partial charge in [0.25, 0.3) is 0 Å². The van der Waals surface area contributed by atoms with Gasteiger partial charge in [-0.15, -0.1) is 24.0 Å². The summed E-state index contributed by atoms with van der Waals surface area (Å²) in [7, 11) is 1.67. The van der Waals surface area contributed by atoms with Crippen LogP contribution in [0, 0.1) is 0 Å². The summed E-state index contributed by atoms with van der Waals surface area (Å²) in [6.45, 7) is 8.84. The first-order valence-electron chi connectivity index (χ1n) is 7.31. The predicted octanol–water partition coefficient (Wildman–Crippen LogP) is 4.27. The molecule has 132 valence electrons. The SMILES string of the molecule is CCNC(=NCc1ccc(OC)c(Br)c1)NCC(C)(C)SC.I. The van der Waals surface area contributed by atoms with Crippen LogP contribution in [0.1, 0.15) is 26.3 Å². The molecule has 1 aromatic rings. The summed E-state index contributed by atoms with van der Waals surface area (Å²) in [4.78, 5) is 4.64. The summed E-state index contributed by atoms with van der Waals surface area (Å²) in [5.41, 5.74) is 1.13. The summed E-state index contributed by atoms with van der Waals surface area (Å²) < 4.78 is 6.37. The molecule has 23 heavy (non-hydrogen) atoms. The largest absolute Gasteiger partial charge is 0.496 e. The van der Waals surface area contributed by atoms with Crippen LogP contribution in [0.5, 0.6) is 5.75 Å². The van der Waals surface area contributed by atoms with Crippen LogP contribution in [0.3, 0.4) is 0 Å². The van der Waals surface area contributed by atoms with Crippen molar-refractivity contribution in [2.45, 2.75) is 32.1 Å². The van der Waals surface area contributed by atoms with E-state index in [0.717, 1.165) is 34.8 Å². The maximum atomic E-state index is 5.24. The first-order valence-corrected chi connectivity index (χ1v) is 9.33. The van der Waals surface area contributed by atoms with Crippen molar-refractivity contribution in [3.8, 4) is 5.75 Å². The predicted molar refractivity (Wildman–Crippen MR) is 117 cm³/mol. The Hall–Kier alpha value is -0.150. The first-order chi connectivity index (χ1) is 10.4. The third-order valence-electron chi connectivity index (χ3n) is 3.21. The molecule has 4 nitrogen and oxygen atoms in total. The molecule has 0 aromatic heterocycles. The molecule has 0 aliphatic rings. The number of nitrogens with zero attached hydrogens (tertiary/aromatic N) is 1. The first kappa shape index (κ1) is 22.9. The molecule has 0 heterocycles. The van der Waals surface area contributed by atoms with Gasteiger partial charge in [-0.2, -0.15) is 11.8 Å². The minimum atomic E-state index is 0. The van der Waals surface area contributed by atoms with Crippen molar-refractivity contribution in [1.82, 2.24) is 10.6 Å². The average Bonchev–Trinajstić information content (AvgIpc) is 2.50. The van der Waals surface area contributed by atoms with Crippen LogP contribution in [0.15, 0.2) is 27.7 Å². The van der Waals surface area contributed by atoms with Crippen molar-refractivity contribution in [3.63, 3.8) is 0 Å². The van der Waals surface area contributed by atoms with Crippen molar-refractivity contribution >= 4 is 57.6 Å². The van der Waals surface area contributed by atoms with Gasteiger partial charge >= 0.3 is 0 Å². The maximum Gasteiger partial charge on any atom is 0.191 e. The molecule has 0 amide bonds. The summed E-state index contributed by atoms with van der Waals surface area (Å²) >= 11 is 5.35. The van der Waals surface area contributed by atoms with Crippen LogP contribution in [-0.2, 0) is 6.54 Å². The number of ether oxygens (including phenoxy) is 1. The number of methoxy groups -OCH3 is 1. The van der Waals surface area contributed by atoms with E-state index in [0.29, 0.717) is 6.54 Å². The fourth-order valence-electron chi connectivity index (χ4n) is 1.69. The lowest BCUT2D eigenvalue weighted by atomic mass is 10.2. The topological polar surface area (TPSA) is 45.7 Å². The highest BCUT2D eigenvalue weighted by Crippen LogP contribution is 2.25. The highest BCUT2D eigenvalue weighted by atomic mass is 127. The van der Waals surface area contributed by atoms with Crippen molar-refractivity contribution in [1.29, 1.82) is 0 Å². The van der Waals surface area contributed by atoms with E-state index in [-0.39, 0.29) is 28.7 Å². The Bertz CT molecular complexity index is 512. The van der Waals surface area contributed by atoms with Crippen LogP contribution in [-0.4, -0.2) is 37.2 Å². The van der Waals surface area contributed by atoms with Crippen LogP contribution >= 0.6 is 51.7 Å². The van der Waals surface area contributed by atoms with Gasteiger partial charge < -0.3 is 15.4 Å². The Morgan fingerprint density at radius 1 is 1.35 bits per heavy atom. The normalized spacial score (nSPS) is 11.7. The van der Waals surface area contributed by atoms with Gasteiger partial charge in [0.1, 0.15) is 5.75 Å². The van der Waals surface area contributed by atoms with E-state index in [1.165, 1.54) is 0 Å². The van der Waals surface area contributed by atoms with Gasteiger partial charge in [-0.3, -0.25) is 0 Å². The number of nitrogens with one attached hydrogen (secondary N) is 2. The Balaban J connectivity index is 0.00000484. The number of hydrogen-bond donors (Lipinski definition) is 2. The van der Waals surface area contributed by atoms with Crippen molar-refractivity contribution in [2.24, 2.45) is 4.99 Å². The molecule has 0 unspecified atom stereocenters. The van der Waals surface area contributed by atoms with Gasteiger partial charge in [0.05, 0.1) is 18.1 Å². The molecule has 1 aromatic carbocycles. The van der Waals surface area contributed by atoms with E-state index in [1.54, 1.807) is 7.11 Å². The van der Waals surface area contributed by atoms with E-state index < -0.39 is 0 Å². The number of hydrogen-bond acceptors (Lipinski definition) is 3. The number of thioether (sulfide) groups is 1. The second-order valence-corrected chi connectivity index (χ2v) is 7.85. The highest BCUT2D eigenvalue weighted by Gasteiger charge is 2.16. The number of rotatable bonds is 7. The summed E-state index contributed by atoms with van der Waals surface area (Å²) in [6, 6.07) is 6.02. The third kappa shape index (κ3) is 8.49. The maximum absolute atomic E-state index is 5.24. The minimum absolute atomic E-state index is 0. The Morgan fingerprint density at radius 2 is 2.04 bits per heavy atom. The fraction of sp³-hybridized carbons (Fsp3) is 0.562. The van der Waals surface area contributed by atoms with Gasteiger partial charge in [-0.1, -0.05) is 6.07 Å². The minimum Gasteiger partial charge on any atom is -0.496 e. The number of guanidine groups is 1. The van der Waals surface area contributed by atoms with Crippen molar-refractivity contribution in [2.75, 3.05) is 26.5 Å². The summed E-state index contributed by atoms with van der Waals surface area (Å²) in [5, 5.41) is 6.68. The van der Waals surface area contributed by atoms with Crippen LogP contribution in [0.4, 0.5) is 0 Å². The molecule has 0 bridgehead atoms. The second-order valence-electron chi connectivity index (χ2n) is 5.48. The zero-order valence-corrected chi connectivity index (χ0v) is 19.1. The molecule has 0 saturated carbocycles. The molecule has 0 atom stereocenters. The lowest BCUT2D eigenvalue weighted by Crippen LogP contribution is -2.43. The Morgan fingerprint density at radius 3 is 2.57 bits per heavy atom. The zero-order valence-electron chi connectivity index (χ0n) is 14.4. The molecular formula is C16H27BrIN3OS. The molecule has 7 heteroatoms. The van der Waals surface area contributed by atoms with Gasteiger partial charge in [-0.05, 0) is 60.7 Å². The van der Waals surface area contributed by atoms with Crippen LogP contribution in [0.25, 0.3) is 0 Å². The van der Waals surface area contributed by atoms with Gasteiger partial charge in [0.2, 0.25) is 0 Å². The zero-order chi connectivity index (χ0) is 16.6. The van der Waals surface area contributed by atoms with Crippen molar-refractivity contribution < 1.29 is 4.74 Å².